The van der Waals surface area contributed by atoms with E-state index in [1.54, 1.807) is 0 Å². The topological polar surface area (TPSA) is 42.0 Å². The normalized spacial score (nSPS) is 15.9. The molecule has 0 saturated carbocycles. The van der Waals surface area contributed by atoms with Gasteiger partial charge in [0.25, 0.3) is 0 Å². The highest BCUT2D eigenvalue weighted by molar-refractivity contribution is 5.86. The van der Waals surface area contributed by atoms with Gasteiger partial charge in [-0.2, -0.15) is 0 Å². The second-order valence-electron chi connectivity index (χ2n) is 11.0. The Kier molecular flexibility index (Phi) is 7.28. The van der Waals surface area contributed by atoms with Gasteiger partial charge in [-0.25, -0.2) is 4.79 Å². The third kappa shape index (κ3) is 5.77. The lowest BCUT2D eigenvalue weighted by atomic mass is 9.98. The molecular formula is C33H36N2O3. The number of hydrogen-bond acceptors (Lipinski definition) is 4. The summed E-state index contributed by atoms with van der Waals surface area (Å²) in [6, 6.07) is 32.9. The molecule has 5 rings (SSSR count). The Balaban J connectivity index is 1.46. The number of carbonyl (C=O) groups is 1. The van der Waals surface area contributed by atoms with Crippen molar-refractivity contribution in [2.45, 2.75) is 52.0 Å². The van der Waals surface area contributed by atoms with Crippen molar-refractivity contribution in [3.05, 3.63) is 108 Å². The summed E-state index contributed by atoms with van der Waals surface area (Å²) >= 11 is 0. The number of rotatable bonds is 6. The summed E-state index contributed by atoms with van der Waals surface area (Å²) in [7, 11) is 0. The molecule has 5 nitrogen and oxygen atoms in total. The first kappa shape index (κ1) is 25.7. The highest BCUT2D eigenvalue weighted by atomic mass is 16.6. The first-order valence-electron chi connectivity index (χ1n) is 13.3. The lowest BCUT2D eigenvalue weighted by Crippen LogP contribution is -2.49. The fourth-order valence-electron chi connectivity index (χ4n) is 5.14. The fourth-order valence-corrected chi connectivity index (χ4v) is 5.14. The Morgan fingerprint density at radius 1 is 0.947 bits per heavy atom. The second-order valence-corrected chi connectivity index (χ2v) is 11.0. The third-order valence-corrected chi connectivity index (χ3v) is 6.91. The molecule has 1 unspecified atom stereocenters. The Bertz CT molecular complexity index is 1390. The standard InChI is InChI=1S/C33H36N2O3/c1-24(28-18-12-16-26-15-8-9-17-29(26)28)35(32(36)38-33(2,3)4)23-27-22-34(21-25-13-6-5-7-14-25)30-19-10-11-20-31(30)37-27/h5-20,24,27H,21-23H2,1-4H3/t24-,27?/m1/s1. The smallest absolute Gasteiger partial charge is 0.410 e. The van der Waals surface area contributed by atoms with Gasteiger partial charge >= 0.3 is 6.09 Å². The van der Waals surface area contributed by atoms with Gasteiger partial charge in [0.1, 0.15) is 17.5 Å². The third-order valence-electron chi connectivity index (χ3n) is 6.91. The number of anilines is 1. The molecule has 0 saturated heterocycles. The van der Waals surface area contributed by atoms with Gasteiger partial charge in [-0.15, -0.1) is 0 Å². The van der Waals surface area contributed by atoms with Crippen molar-refractivity contribution >= 4 is 22.6 Å². The van der Waals surface area contributed by atoms with Crippen LogP contribution in [-0.2, 0) is 11.3 Å². The van der Waals surface area contributed by atoms with Crippen LogP contribution in [0.4, 0.5) is 10.5 Å². The van der Waals surface area contributed by atoms with E-state index in [2.05, 4.69) is 72.5 Å². The first-order chi connectivity index (χ1) is 18.3. The van der Waals surface area contributed by atoms with Gasteiger partial charge < -0.3 is 14.4 Å². The van der Waals surface area contributed by atoms with Crippen LogP contribution in [0.2, 0.25) is 0 Å². The minimum atomic E-state index is -0.604. The van der Waals surface area contributed by atoms with Crippen LogP contribution in [0.5, 0.6) is 5.75 Å². The number of carbonyl (C=O) groups excluding carboxylic acids is 1. The van der Waals surface area contributed by atoms with Crippen LogP contribution >= 0.6 is 0 Å². The van der Waals surface area contributed by atoms with Crippen LogP contribution in [0, 0.1) is 0 Å². The molecule has 1 amide bonds. The van der Waals surface area contributed by atoms with Crippen LogP contribution < -0.4 is 9.64 Å². The van der Waals surface area contributed by atoms with E-state index in [1.165, 1.54) is 5.56 Å². The maximum absolute atomic E-state index is 13.6. The molecule has 1 heterocycles. The lowest BCUT2D eigenvalue weighted by molar-refractivity contribution is 0.00787. The number of fused-ring (bicyclic) bond motifs is 2. The van der Waals surface area contributed by atoms with Crippen LogP contribution in [0.3, 0.4) is 0 Å². The minimum Gasteiger partial charge on any atom is -0.485 e. The van der Waals surface area contributed by atoms with E-state index in [9.17, 15) is 4.79 Å². The van der Waals surface area contributed by atoms with Gasteiger partial charge in [0.05, 0.1) is 24.8 Å². The molecule has 4 aromatic carbocycles. The molecule has 0 fully saturated rings. The molecule has 38 heavy (non-hydrogen) atoms. The molecule has 0 aromatic heterocycles. The maximum Gasteiger partial charge on any atom is 0.410 e. The number of ether oxygens (including phenoxy) is 2. The molecule has 0 spiro atoms. The van der Waals surface area contributed by atoms with E-state index < -0.39 is 5.60 Å². The molecule has 1 aliphatic rings. The molecule has 196 valence electrons. The van der Waals surface area contributed by atoms with Gasteiger partial charge in [-0.05, 0) is 61.7 Å². The van der Waals surface area contributed by atoms with Crippen molar-refractivity contribution in [1.82, 2.24) is 4.90 Å². The summed E-state index contributed by atoms with van der Waals surface area (Å²) in [5, 5.41) is 2.29. The molecule has 0 N–H and O–H groups in total. The number of nitrogens with zero attached hydrogens (tertiary/aromatic N) is 2. The quantitative estimate of drug-likeness (QED) is 0.269. The van der Waals surface area contributed by atoms with Gasteiger partial charge in [-0.3, -0.25) is 4.90 Å². The van der Waals surface area contributed by atoms with Crippen molar-refractivity contribution < 1.29 is 14.3 Å². The van der Waals surface area contributed by atoms with Gasteiger partial charge in [-0.1, -0.05) is 84.9 Å². The molecular weight excluding hydrogens is 472 g/mol. The predicted molar refractivity (Wildman–Crippen MR) is 154 cm³/mol. The summed E-state index contributed by atoms with van der Waals surface area (Å²) in [6.07, 6.45) is -0.562. The fraction of sp³-hybridized carbons (Fsp3) is 0.303. The van der Waals surface area contributed by atoms with E-state index >= 15 is 0 Å². The van der Waals surface area contributed by atoms with Crippen LogP contribution in [0.25, 0.3) is 10.8 Å². The highest BCUT2D eigenvalue weighted by Gasteiger charge is 2.33. The number of amides is 1. The zero-order valence-electron chi connectivity index (χ0n) is 22.6. The second kappa shape index (κ2) is 10.8. The van der Waals surface area contributed by atoms with Crippen molar-refractivity contribution in [3.63, 3.8) is 0 Å². The zero-order chi connectivity index (χ0) is 26.7. The summed E-state index contributed by atoms with van der Waals surface area (Å²) in [6.45, 7) is 9.61. The Hall–Kier alpha value is -3.99. The Labute approximate surface area is 225 Å². The molecule has 0 aliphatic carbocycles. The monoisotopic (exact) mass is 508 g/mol. The van der Waals surface area contributed by atoms with E-state index in [1.807, 2.05) is 62.1 Å². The first-order valence-corrected chi connectivity index (χ1v) is 13.3. The average Bonchev–Trinajstić information content (AvgIpc) is 2.90. The molecule has 4 aromatic rings. The predicted octanol–water partition coefficient (Wildman–Crippen LogP) is 7.61. The summed E-state index contributed by atoms with van der Waals surface area (Å²) < 4.78 is 12.4. The van der Waals surface area contributed by atoms with E-state index in [0.29, 0.717) is 13.1 Å². The van der Waals surface area contributed by atoms with Crippen LogP contribution in [0.15, 0.2) is 97.1 Å². The van der Waals surface area contributed by atoms with Crippen molar-refractivity contribution in [1.29, 1.82) is 0 Å². The molecule has 5 heteroatoms. The summed E-state index contributed by atoms with van der Waals surface area (Å²) in [4.78, 5) is 17.8. The number of hydrogen-bond donors (Lipinski definition) is 0. The molecule has 1 aliphatic heterocycles. The van der Waals surface area contributed by atoms with Gasteiger partial charge in [0.2, 0.25) is 0 Å². The minimum absolute atomic E-state index is 0.209. The summed E-state index contributed by atoms with van der Waals surface area (Å²) in [5.41, 5.74) is 2.79. The Morgan fingerprint density at radius 2 is 1.63 bits per heavy atom. The molecule has 2 atom stereocenters. The van der Waals surface area contributed by atoms with Crippen LogP contribution in [0.1, 0.15) is 44.9 Å². The zero-order valence-corrected chi connectivity index (χ0v) is 22.6. The van der Waals surface area contributed by atoms with E-state index in [-0.39, 0.29) is 18.2 Å². The lowest BCUT2D eigenvalue weighted by Gasteiger charge is -2.40. The summed E-state index contributed by atoms with van der Waals surface area (Å²) in [5.74, 6) is 0.835. The van der Waals surface area contributed by atoms with Gasteiger partial charge in [0, 0.05) is 6.54 Å². The van der Waals surface area contributed by atoms with Crippen molar-refractivity contribution in [3.8, 4) is 5.75 Å². The van der Waals surface area contributed by atoms with E-state index in [4.69, 9.17) is 9.47 Å². The largest absolute Gasteiger partial charge is 0.485 e. The van der Waals surface area contributed by atoms with Gasteiger partial charge in [0.15, 0.2) is 0 Å². The average molecular weight is 509 g/mol. The highest BCUT2D eigenvalue weighted by Crippen LogP contribution is 2.36. The SMILES string of the molecule is C[C@H](c1cccc2ccccc12)N(CC1CN(Cc2ccccc2)c2ccccc2O1)C(=O)OC(C)(C)C. The van der Waals surface area contributed by atoms with Crippen LogP contribution in [-0.4, -0.2) is 35.8 Å². The number of para-hydroxylation sites is 2. The van der Waals surface area contributed by atoms with Crippen molar-refractivity contribution in [2.24, 2.45) is 0 Å². The Morgan fingerprint density at radius 3 is 2.42 bits per heavy atom. The molecule has 0 bridgehead atoms. The maximum atomic E-state index is 13.6. The number of benzene rings is 4. The molecule has 0 radical (unpaired) electrons. The van der Waals surface area contributed by atoms with E-state index in [0.717, 1.165) is 34.3 Å². The van der Waals surface area contributed by atoms with Crippen molar-refractivity contribution in [2.75, 3.05) is 18.0 Å².